The number of amides is 1. The van der Waals surface area contributed by atoms with Crippen molar-refractivity contribution in [2.75, 3.05) is 26.2 Å². The first-order chi connectivity index (χ1) is 22.2. The van der Waals surface area contributed by atoms with Crippen LogP contribution in [-0.2, 0) is 5.41 Å². The fourth-order valence-corrected chi connectivity index (χ4v) is 7.46. The van der Waals surface area contributed by atoms with Gasteiger partial charge in [-0.3, -0.25) is 10.1 Å². The van der Waals surface area contributed by atoms with Crippen LogP contribution in [-0.4, -0.2) is 65.7 Å². The summed E-state index contributed by atoms with van der Waals surface area (Å²) in [6.45, 7) is 3.01. The highest BCUT2D eigenvalue weighted by Crippen LogP contribution is 2.54. The highest BCUT2D eigenvalue weighted by Gasteiger charge is 2.49. The maximum absolute atomic E-state index is 13.3. The van der Waals surface area contributed by atoms with E-state index in [1.165, 1.54) is 0 Å². The molecule has 1 aromatic heterocycles. The number of hydrogen-bond donors (Lipinski definition) is 3. The van der Waals surface area contributed by atoms with Crippen LogP contribution < -0.4 is 10.6 Å². The van der Waals surface area contributed by atoms with Gasteiger partial charge in [0, 0.05) is 24.7 Å². The Morgan fingerprint density at radius 3 is 2.61 bits per heavy atom. The van der Waals surface area contributed by atoms with E-state index in [2.05, 4.69) is 26.8 Å². The molecule has 7 nitrogen and oxygen atoms in total. The number of hydrogen-bond acceptors (Lipinski definition) is 6. The van der Waals surface area contributed by atoms with E-state index in [0.717, 1.165) is 86.0 Å². The smallest absolute Gasteiger partial charge is 0.377 e. The zero-order valence-electron chi connectivity index (χ0n) is 26.1. The number of fused-ring (bicyclic) bond motifs is 2. The molecule has 0 radical (unpaired) electrons. The van der Waals surface area contributed by atoms with Crippen LogP contribution in [0.2, 0.25) is 0 Å². The zero-order valence-corrected chi connectivity index (χ0v) is 26.1. The molecule has 0 saturated carbocycles. The molecule has 1 aliphatic heterocycles. The Labute approximate surface area is 267 Å². The predicted octanol–water partition coefficient (Wildman–Crippen LogP) is 6.54. The molecule has 46 heavy (non-hydrogen) atoms. The second kappa shape index (κ2) is 13.6. The van der Waals surface area contributed by atoms with Gasteiger partial charge in [0.25, 0.3) is 5.91 Å². The maximum Gasteiger partial charge on any atom is 0.401 e. The van der Waals surface area contributed by atoms with Crippen molar-refractivity contribution in [3.63, 3.8) is 0 Å². The number of carbonyl (C=O) groups is 1. The van der Waals surface area contributed by atoms with Gasteiger partial charge >= 0.3 is 6.18 Å². The molecule has 1 saturated heterocycles. The molecular formula is C36H41F3N4O3. The lowest BCUT2D eigenvalue weighted by Crippen LogP contribution is -2.51. The molecule has 0 bridgehead atoms. The normalized spacial score (nSPS) is 20.9. The number of alkyl halides is 3. The van der Waals surface area contributed by atoms with Crippen molar-refractivity contribution in [1.82, 2.24) is 20.7 Å². The van der Waals surface area contributed by atoms with Gasteiger partial charge in [-0.05, 0) is 74.3 Å². The van der Waals surface area contributed by atoms with Crippen LogP contribution in [0.5, 0.6) is 0 Å². The number of benzene rings is 2. The summed E-state index contributed by atoms with van der Waals surface area (Å²) in [5, 5.41) is 21.2. The monoisotopic (exact) mass is 634 g/mol. The Balaban J connectivity index is 1.06. The molecule has 2 aliphatic carbocycles. The third-order valence-electron chi connectivity index (χ3n) is 9.70. The number of unbranched alkanes of at least 4 members (excludes halogenated alkanes) is 1. The molecular weight excluding hydrogens is 593 g/mol. The summed E-state index contributed by atoms with van der Waals surface area (Å²) in [4.78, 5) is 15.6. The second-order valence-corrected chi connectivity index (χ2v) is 12.6. The number of halogens is 3. The fraction of sp³-hybridized carbons (Fsp3) is 0.444. The van der Waals surface area contributed by atoms with Crippen molar-refractivity contribution in [2.24, 2.45) is 0 Å². The highest BCUT2D eigenvalue weighted by atomic mass is 19.4. The van der Waals surface area contributed by atoms with E-state index in [-0.39, 0.29) is 11.9 Å². The molecule has 1 amide bonds. The molecule has 244 valence electrons. The van der Waals surface area contributed by atoms with Crippen molar-refractivity contribution < 1.29 is 27.6 Å². The second-order valence-electron chi connectivity index (χ2n) is 12.6. The molecule has 2 unspecified atom stereocenters. The number of carbonyl (C=O) groups excluding carboxylic acids is 1. The first-order valence-electron chi connectivity index (χ1n) is 16.2. The summed E-state index contributed by atoms with van der Waals surface area (Å²) in [7, 11) is 0. The van der Waals surface area contributed by atoms with Crippen LogP contribution >= 0.6 is 0 Å². The van der Waals surface area contributed by atoms with Crippen LogP contribution in [0.1, 0.15) is 72.2 Å². The number of aryl methyl sites for hydroxylation is 1. The van der Waals surface area contributed by atoms with Gasteiger partial charge in [0.15, 0.2) is 0 Å². The van der Waals surface area contributed by atoms with Gasteiger partial charge in [-0.25, -0.2) is 0 Å². The summed E-state index contributed by atoms with van der Waals surface area (Å²) in [6.07, 6.45) is 3.72. The van der Waals surface area contributed by atoms with Crippen molar-refractivity contribution in [3.8, 4) is 11.3 Å². The van der Waals surface area contributed by atoms with Gasteiger partial charge in [0.1, 0.15) is 23.2 Å². The lowest BCUT2D eigenvalue weighted by atomic mass is 9.71. The van der Waals surface area contributed by atoms with Crippen LogP contribution in [0.15, 0.2) is 76.8 Å². The lowest BCUT2D eigenvalue weighted by molar-refractivity contribution is -0.133. The quantitative estimate of drug-likeness (QED) is 0.164. The topological polar surface area (TPSA) is 90.6 Å². The van der Waals surface area contributed by atoms with E-state index >= 15 is 0 Å². The highest BCUT2D eigenvalue weighted by molar-refractivity contribution is 6.00. The Hall–Kier alpha value is -3.73. The molecule has 3 aromatic rings. The number of nitrogens with zero attached hydrogens (tertiary/aromatic N) is 2. The average Bonchev–Trinajstić information content (AvgIpc) is 3.59. The van der Waals surface area contributed by atoms with E-state index in [0.29, 0.717) is 23.4 Å². The van der Waals surface area contributed by atoms with Gasteiger partial charge in [-0.15, -0.1) is 0 Å². The third kappa shape index (κ3) is 6.56. The van der Waals surface area contributed by atoms with E-state index in [9.17, 15) is 23.1 Å². The van der Waals surface area contributed by atoms with Crippen molar-refractivity contribution in [1.29, 1.82) is 0 Å². The first kappa shape index (κ1) is 32.2. The summed E-state index contributed by atoms with van der Waals surface area (Å²) >= 11 is 0. The average molecular weight is 635 g/mol. The fourth-order valence-electron chi connectivity index (χ4n) is 7.46. The third-order valence-corrected chi connectivity index (χ3v) is 9.70. The van der Waals surface area contributed by atoms with Crippen LogP contribution in [0, 0.1) is 6.92 Å². The van der Waals surface area contributed by atoms with Gasteiger partial charge in [-0.2, -0.15) is 13.2 Å². The number of allylic oxidation sites excluding steroid dienone is 3. The number of aliphatic hydroxyl groups excluding tert-OH is 1. The Morgan fingerprint density at radius 1 is 1.11 bits per heavy atom. The van der Waals surface area contributed by atoms with Crippen molar-refractivity contribution in [2.45, 2.75) is 75.7 Å². The molecule has 2 aromatic carbocycles. The molecule has 0 spiro atoms. The van der Waals surface area contributed by atoms with E-state index < -0.39 is 24.4 Å². The SMILES string of the molecule is Cc1onc(-c2ccccc2)c1C(=O)NC1CCN(CCCCC2(C(O)NCC(F)(F)F)C3=C(CCC=C3)c3ccccc32)CC1. The minimum absolute atomic E-state index is 0.0400. The summed E-state index contributed by atoms with van der Waals surface area (Å²) in [6, 6.07) is 17.4. The maximum atomic E-state index is 13.3. The van der Waals surface area contributed by atoms with Crippen LogP contribution in [0.4, 0.5) is 13.2 Å². The Bertz CT molecular complexity index is 1590. The van der Waals surface area contributed by atoms with Gasteiger partial charge in [0.05, 0.1) is 12.0 Å². The summed E-state index contributed by atoms with van der Waals surface area (Å²) < 4.78 is 45.0. The molecule has 3 aliphatic rings. The molecule has 3 N–H and O–H groups in total. The van der Waals surface area contributed by atoms with Crippen LogP contribution in [0.3, 0.4) is 0 Å². The van der Waals surface area contributed by atoms with Crippen molar-refractivity contribution >= 4 is 11.5 Å². The molecule has 10 heteroatoms. The number of nitrogens with one attached hydrogen (secondary N) is 2. The Kier molecular flexibility index (Phi) is 9.49. The largest absolute Gasteiger partial charge is 0.401 e. The molecule has 2 heterocycles. The summed E-state index contributed by atoms with van der Waals surface area (Å²) in [5.74, 6) is 0.308. The number of likely N-dealkylation sites (tertiary alicyclic amines) is 1. The standard InChI is InChI=1S/C36H41F3N4O3/c1-24-31(32(42-46-24)25-11-3-2-4-12-25)33(44)41-26-17-21-43(22-18-26)20-10-9-19-35(34(45)40-23-36(37,38)39)29-15-7-5-13-27(29)28-14-6-8-16-30(28)35/h2-5,7-8,11-13,15-16,26,34,40,45H,6,9-10,14,17-23H2,1H3,(H,41,44). The molecule has 2 atom stereocenters. The Morgan fingerprint density at radius 2 is 1.85 bits per heavy atom. The number of rotatable bonds is 11. The lowest BCUT2D eigenvalue weighted by Gasteiger charge is -2.39. The van der Waals surface area contributed by atoms with E-state index in [1.54, 1.807) is 6.92 Å². The predicted molar refractivity (Wildman–Crippen MR) is 171 cm³/mol. The van der Waals surface area contributed by atoms with E-state index in [4.69, 9.17) is 4.52 Å². The number of aromatic nitrogens is 1. The van der Waals surface area contributed by atoms with Crippen LogP contribution in [0.25, 0.3) is 16.8 Å². The summed E-state index contributed by atoms with van der Waals surface area (Å²) in [5.41, 5.74) is 4.92. The minimum atomic E-state index is -4.43. The van der Waals surface area contributed by atoms with Gasteiger partial charge in [0.2, 0.25) is 0 Å². The number of aliphatic hydroxyl groups is 1. The zero-order chi connectivity index (χ0) is 32.3. The first-order valence-corrected chi connectivity index (χ1v) is 16.2. The van der Waals surface area contributed by atoms with Crippen molar-refractivity contribution in [3.05, 3.63) is 94.8 Å². The number of piperidine rings is 1. The van der Waals surface area contributed by atoms with Gasteiger partial charge < -0.3 is 19.8 Å². The van der Waals surface area contributed by atoms with Gasteiger partial charge in [-0.1, -0.05) is 78.3 Å². The molecule has 1 fully saturated rings. The van der Waals surface area contributed by atoms with E-state index in [1.807, 2.05) is 60.7 Å². The molecule has 6 rings (SSSR count). The minimum Gasteiger partial charge on any atom is -0.377 e.